The molecule has 0 saturated heterocycles. The number of nitrogens with zero attached hydrogens (tertiary/aromatic N) is 3. The van der Waals surface area contributed by atoms with Crippen LogP contribution in [0.1, 0.15) is 40.7 Å². The van der Waals surface area contributed by atoms with Gasteiger partial charge >= 0.3 is 5.97 Å². The summed E-state index contributed by atoms with van der Waals surface area (Å²) in [6, 6.07) is 3.66. The average molecular weight is 303 g/mol. The van der Waals surface area contributed by atoms with Gasteiger partial charge in [0, 0.05) is 11.4 Å². The van der Waals surface area contributed by atoms with Crippen LogP contribution in [0.4, 0.5) is 0 Å². The molecule has 0 bridgehead atoms. The number of pyridine rings is 1. The second-order valence-electron chi connectivity index (χ2n) is 4.77. The predicted molar refractivity (Wildman–Crippen MR) is 80.8 cm³/mol. The van der Waals surface area contributed by atoms with E-state index in [2.05, 4.69) is 21.9 Å². The van der Waals surface area contributed by atoms with Gasteiger partial charge in [-0.25, -0.2) is 19.7 Å². The lowest BCUT2D eigenvalue weighted by atomic mass is 10.1. The number of hydrogen-bond acceptors (Lipinski definition) is 5. The van der Waals surface area contributed by atoms with Gasteiger partial charge in [-0.1, -0.05) is 13.3 Å². The molecule has 0 amide bonds. The summed E-state index contributed by atoms with van der Waals surface area (Å²) < 4.78 is 0. The molecule has 2 heterocycles. The monoisotopic (exact) mass is 303 g/mol. The van der Waals surface area contributed by atoms with E-state index in [1.165, 1.54) is 18.1 Å². The Morgan fingerprint density at radius 1 is 1.29 bits per heavy atom. The molecule has 21 heavy (non-hydrogen) atoms. The molecule has 0 fully saturated rings. The van der Waals surface area contributed by atoms with E-state index >= 15 is 0 Å². The Balaban J connectivity index is 2.39. The maximum absolute atomic E-state index is 11.4. The number of carboxylic acid groups (broad SMARTS) is 1. The fraction of sp³-hybridized carbons (Fsp3) is 0.333. The van der Waals surface area contributed by atoms with Crippen molar-refractivity contribution in [2.24, 2.45) is 0 Å². The maximum atomic E-state index is 11.4. The first-order valence-corrected chi connectivity index (χ1v) is 7.53. The van der Waals surface area contributed by atoms with Crippen molar-refractivity contribution in [3.63, 3.8) is 0 Å². The highest BCUT2D eigenvalue weighted by Crippen LogP contribution is 2.29. The lowest BCUT2D eigenvalue weighted by Gasteiger charge is -2.09. The molecule has 110 valence electrons. The number of carbonyl (C=O) groups is 1. The van der Waals surface area contributed by atoms with Crippen LogP contribution in [0.15, 0.2) is 28.5 Å². The maximum Gasteiger partial charge on any atom is 0.338 e. The third kappa shape index (κ3) is 3.78. The van der Waals surface area contributed by atoms with Crippen molar-refractivity contribution in [2.75, 3.05) is 0 Å². The van der Waals surface area contributed by atoms with Crippen molar-refractivity contribution in [3.8, 4) is 0 Å². The minimum Gasteiger partial charge on any atom is -0.478 e. The van der Waals surface area contributed by atoms with E-state index in [0.717, 1.165) is 24.2 Å². The number of carboxylic acids is 1. The summed E-state index contributed by atoms with van der Waals surface area (Å²) in [5, 5.41) is 10.6. The number of aromatic nitrogens is 3. The molecule has 5 nitrogen and oxygen atoms in total. The minimum absolute atomic E-state index is 0.237. The van der Waals surface area contributed by atoms with E-state index in [4.69, 9.17) is 0 Å². The van der Waals surface area contributed by atoms with Crippen molar-refractivity contribution in [1.29, 1.82) is 0 Å². The molecule has 0 radical (unpaired) electrons. The van der Waals surface area contributed by atoms with Crippen LogP contribution in [0.5, 0.6) is 0 Å². The van der Waals surface area contributed by atoms with Gasteiger partial charge in [0.2, 0.25) is 0 Å². The molecule has 2 aromatic rings. The highest BCUT2D eigenvalue weighted by molar-refractivity contribution is 7.99. The third-order valence-electron chi connectivity index (χ3n) is 2.93. The Labute approximate surface area is 127 Å². The van der Waals surface area contributed by atoms with Gasteiger partial charge in [-0.2, -0.15) is 0 Å². The number of aryl methyl sites for hydroxylation is 3. The molecule has 0 aromatic carbocycles. The molecule has 2 aromatic heterocycles. The summed E-state index contributed by atoms with van der Waals surface area (Å²) in [6.45, 7) is 5.72. The quantitative estimate of drug-likeness (QED) is 0.854. The first-order valence-electron chi connectivity index (χ1n) is 6.71. The summed E-state index contributed by atoms with van der Waals surface area (Å²) in [5.74, 6) is -0.967. The normalized spacial score (nSPS) is 10.6. The van der Waals surface area contributed by atoms with Crippen LogP contribution in [0.3, 0.4) is 0 Å². The Morgan fingerprint density at radius 2 is 2.05 bits per heavy atom. The molecule has 2 rings (SSSR count). The van der Waals surface area contributed by atoms with Crippen LogP contribution < -0.4 is 0 Å². The zero-order chi connectivity index (χ0) is 15.4. The van der Waals surface area contributed by atoms with Gasteiger partial charge in [-0.15, -0.1) is 0 Å². The Morgan fingerprint density at radius 3 is 2.71 bits per heavy atom. The van der Waals surface area contributed by atoms with E-state index < -0.39 is 5.97 Å². The first kappa shape index (κ1) is 15.4. The molecule has 1 N–H and O–H groups in total. The summed E-state index contributed by atoms with van der Waals surface area (Å²) in [7, 11) is 0. The lowest BCUT2D eigenvalue weighted by molar-refractivity contribution is 0.0691. The fourth-order valence-electron chi connectivity index (χ4n) is 2.06. The van der Waals surface area contributed by atoms with Crippen LogP contribution in [0.2, 0.25) is 0 Å². The molecule has 0 aliphatic rings. The van der Waals surface area contributed by atoms with E-state index in [1.807, 2.05) is 13.0 Å². The number of hydrogen-bond donors (Lipinski definition) is 1. The minimum atomic E-state index is -0.967. The molecule has 0 spiro atoms. The fourth-order valence-corrected chi connectivity index (χ4v) is 3.09. The van der Waals surface area contributed by atoms with Crippen LogP contribution in [0.25, 0.3) is 0 Å². The zero-order valence-corrected chi connectivity index (χ0v) is 13.1. The van der Waals surface area contributed by atoms with Gasteiger partial charge < -0.3 is 5.11 Å². The molecular formula is C15H17N3O2S. The van der Waals surface area contributed by atoms with Gasteiger partial charge in [0.15, 0.2) is 0 Å². The SMILES string of the molecule is CCCc1cc(Sc2nc(C)cc(C)c2C(=O)O)ncn1. The predicted octanol–water partition coefficient (Wildman–Crippen LogP) is 3.29. The van der Waals surface area contributed by atoms with Crippen LogP contribution in [0, 0.1) is 13.8 Å². The summed E-state index contributed by atoms with van der Waals surface area (Å²) in [5.41, 5.74) is 2.70. The molecule has 0 unspecified atom stereocenters. The van der Waals surface area contributed by atoms with E-state index in [-0.39, 0.29) is 5.56 Å². The average Bonchev–Trinajstić information content (AvgIpc) is 2.38. The molecule has 0 atom stereocenters. The van der Waals surface area contributed by atoms with E-state index in [1.54, 1.807) is 13.0 Å². The Bertz CT molecular complexity index is 674. The topological polar surface area (TPSA) is 76.0 Å². The van der Waals surface area contributed by atoms with Crippen LogP contribution in [-0.2, 0) is 6.42 Å². The Hall–Kier alpha value is -1.95. The van der Waals surface area contributed by atoms with Gasteiger partial charge in [0.05, 0.1) is 5.56 Å². The third-order valence-corrected chi connectivity index (χ3v) is 3.85. The van der Waals surface area contributed by atoms with Crippen LogP contribution >= 0.6 is 11.8 Å². The van der Waals surface area contributed by atoms with Crippen molar-refractivity contribution in [1.82, 2.24) is 15.0 Å². The van der Waals surface area contributed by atoms with Gasteiger partial charge in [-0.3, -0.25) is 0 Å². The van der Waals surface area contributed by atoms with Crippen LogP contribution in [-0.4, -0.2) is 26.0 Å². The molecule has 0 aliphatic heterocycles. The molecule has 0 aliphatic carbocycles. The van der Waals surface area contributed by atoms with Gasteiger partial charge in [-0.05, 0) is 49.7 Å². The molecular weight excluding hydrogens is 286 g/mol. The van der Waals surface area contributed by atoms with Crippen molar-refractivity contribution in [2.45, 2.75) is 43.7 Å². The largest absolute Gasteiger partial charge is 0.478 e. The summed E-state index contributed by atoms with van der Waals surface area (Å²) in [6.07, 6.45) is 3.39. The van der Waals surface area contributed by atoms with E-state index in [0.29, 0.717) is 15.6 Å². The zero-order valence-electron chi connectivity index (χ0n) is 12.3. The highest BCUT2D eigenvalue weighted by Gasteiger charge is 2.17. The molecule has 6 heteroatoms. The smallest absolute Gasteiger partial charge is 0.338 e. The summed E-state index contributed by atoms with van der Waals surface area (Å²) in [4.78, 5) is 24.2. The molecule has 0 saturated carbocycles. The lowest BCUT2D eigenvalue weighted by Crippen LogP contribution is -2.05. The standard InChI is InChI=1S/C15H17N3O2S/c1-4-5-11-7-12(17-8-16-11)21-14-13(15(19)20)9(2)6-10(3)18-14/h6-8H,4-5H2,1-3H3,(H,19,20). The second kappa shape index (κ2) is 6.67. The van der Waals surface area contributed by atoms with Crippen molar-refractivity contribution < 1.29 is 9.90 Å². The first-order chi connectivity index (χ1) is 10.0. The van der Waals surface area contributed by atoms with Gasteiger partial charge in [0.1, 0.15) is 16.4 Å². The Kier molecular flexibility index (Phi) is 4.90. The van der Waals surface area contributed by atoms with E-state index in [9.17, 15) is 9.90 Å². The highest BCUT2D eigenvalue weighted by atomic mass is 32.2. The number of rotatable bonds is 5. The van der Waals surface area contributed by atoms with Crippen molar-refractivity contribution >= 4 is 17.7 Å². The second-order valence-corrected chi connectivity index (χ2v) is 5.77. The van der Waals surface area contributed by atoms with Crippen molar-refractivity contribution in [3.05, 3.63) is 41.0 Å². The number of aromatic carboxylic acids is 1. The summed E-state index contributed by atoms with van der Waals surface area (Å²) >= 11 is 1.27. The van der Waals surface area contributed by atoms with Gasteiger partial charge in [0.25, 0.3) is 0 Å².